The second-order valence-corrected chi connectivity index (χ2v) is 9.61. The summed E-state index contributed by atoms with van der Waals surface area (Å²) < 4.78 is 30.9. The van der Waals surface area contributed by atoms with Gasteiger partial charge in [0, 0.05) is 24.0 Å². The monoisotopic (exact) mass is 481 g/mol. The second-order valence-electron chi connectivity index (χ2n) is 9.20. The number of hydrogen-bond acceptors (Lipinski definition) is 4. The summed E-state index contributed by atoms with van der Waals surface area (Å²) in [7, 11) is 0. The van der Waals surface area contributed by atoms with Crippen LogP contribution >= 0.6 is 11.6 Å². The van der Waals surface area contributed by atoms with Crippen molar-refractivity contribution in [3.05, 3.63) is 58.4 Å². The number of halogens is 3. The van der Waals surface area contributed by atoms with Crippen LogP contribution in [0.1, 0.15) is 38.1 Å². The fourth-order valence-corrected chi connectivity index (χ4v) is 5.50. The van der Waals surface area contributed by atoms with Crippen LogP contribution in [-0.2, 0) is 6.42 Å². The highest BCUT2D eigenvalue weighted by molar-refractivity contribution is 6.35. The fraction of sp³-hybridized carbons (Fsp3) is 0.333. The van der Waals surface area contributed by atoms with Gasteiger partial charge in [0.05, 0.1) is 5.02 Å². The van der Waals surface area contributed by atoms with E-state index in [1.807, 2.05) is 6.92 Å². The standard InChI is InChI=1S/C27H26ClF2N3O/c1-4-18-22(29)8-7-16-10-17(34)11-19(23(16)18)24-21(28)12-20-26(25(24)30)31-15(3)32-27(20)33-9-5-6-14(2)13-33/h7-8,10-12,14,34H,4-6,9,13H2,1-3H3. The largest absolute Gasteiger partial charge is 0.508 e. The molecule has 3 aromatic carbocycles. The first kappa shape index (κ1) is 22.8. The molecule has 0 bridgehead atoms. The lowest BCUT2D eigenvalue weighted by Gasteiger charge is -2.32. The van der Waals surface area contributed by atoms with Crippen LogP contribution < -0.4 is 4.90 Å². The molecule has 0 saturated carbocycles. The van der Waals surface area contributed by atoms with Crippen molar-refractivity contribution in [2.45, 2.75) is 40.0 Å². The SMILES string of the molecule is CCc1c(F)ccc2cc(O)cc(-c3c(Cl)cc4c(N5CCCC(C)C5)nc(C)nc4c3F)c12. The van der Waals surface area contributed by atoms with E-state index in [0.29, 0.717) is 51.3 Å². The highest BCUT2D eigenvalue weighted by Crippen LogP contribution is 2.43. The minimum absolute atomic E-state index is 0.0476. The number of phenols is 1. The molecule has 1 unspecified atom stereocenters. The summed E-state index contributed by atoms with van der Waals surface area (Å²) in [5.74, 6) is 0.640. The van der Waals surface area contributed by atoms with Gasteiger partial charge in [-0.1, -0.05) is 31.5 Å². The molecule has 4 nitrogen and oxygen atoms in total. The third-order valence-corrected chi connectivity index (χ3v) is 7.01. The number of aryl methyl sites for hydroxylation is 2. The molecule has 1 aromatic heterocycles. The maximum absolute atomic E-state index is 16.2. The summed E-state index contributed by atoms with van der Waals surface area (Å²) >= 11 is 6.72. The van der Waals surface area contributed by atoms with E-state index >= 15 is 4.39 Å². The smallest absolute Gasteiger partial charge is 0.158 e. The molecule has 176 valence electrons. The van der Waals surface area contributed by atoms with Gasteiger partial charge in [-0.05, 0) is 78.3 Å². The lowest BCUT2D eigenvalue weighted by molar-refractivity contribution is 0.445. The average Bonchev–Trinajstić information content (AvgIpc) is 2.79. The van der Waals surface area contributed by atoms with Crippen LogP contribution in [-0.4, -0.2) is 28.2 Å². The molecule has 34 heavy (non-hydrogen) atoms. The molecular formula is C27H26ClF2N3O. The normalized spacial score (nSPS) is 16.5. The summed E-state index contributed by atoms with van der Waals surface area (Å²) in [5, 5.41) is 12.3. The lowest BCUT2D eigenvalue weighted by Crippen LogP contribution is -2.35. The van der Waals surface area contributed by atoms with E-state index < -0.39 is 5.82 Å². The molecule has 2 heterocycles. The van der Waals surface area contributed by atoms with Gasteiger partial charge in [-0.2, -0.15) is 0 Å². The van der Waals surface area contributed by atoms with Crippen molar-refractivity contribution in [3.63, 3.8) is 0 Å². The van der Waals surface area contributed by atoms with Gasteiger partial charge in [0.25, 0.3) is 0 Å². The Kier molecular flexibility index (Phi) is 5.80. The molecule has 1 atom stereocenters. The molecule has 0 aliphatic carbocycles. The van der Waals surface area contributed by atoms with E-state index in [0.717, 1.165) is 25.9 Å². The predicted octanol–water partition coefficient (Wildman–Crippen LogP) is 7.19. The molecule has 5 rings (SSSR count). The number of hydrogen-bond donors (Lipinski definition) is 1. The number of fused-ring (bicyclic) bond motifs is 2. The van der Waals surface area contributed by atoms with Gasteiger partial charge in [-0.25, -0.2) is 18.7 Å². The Labute approximate surface area is 202 Å². The van der Waals surface area contributed by atoms with Crippen LogP contribution in [0, 0.1) is 24.5 Å². The van der Waals surface area contributed by atoms with Crippen molar-refractivity contribution in [2.75, 3.05) is 18.0 Å². The van der Waals surface area contributed by atoms with Gasteiger partial charge in [0.1, 0.15) is 28.7 Å². The molecule has 1 saturated heterocycles. The molecule has 1 N–H and O–H groups in total. The summed E-state index contributed by atoms with van der Waals surface area (Å²) in [6.07, 6.45) is 2.60. The molecule has 1 aliphatic heterocycles. The number of rotatable bonds is 3. The number of benzene rings is 3. The first-order chi connectivity index (χ1) is 16.3. The topological polar surface area (TPSA) is 49.2 Å². The van der Waals surface area contributed by atoms with E-state index in [9.17, 15) is 9.50 Å². The van der Waals surface area contributed by atoms with Crippen LogP contribution in [0.4, 0.5) is 14.6 Å². The molecule has 1 fully saturated rings. The third-order valence-electron chi connectivity index (χ3n) is 6.71. The molecule has 4 aromatic rings. The minimum atomic E-state index is -0.600. The molecular weight excluding hydrogens is 456 g/mol. The van der Waals surface area contributed by atoms with Gasteiger partial charge < -0.3 is 10.0 Å². The highest BCUT2D eigenvalue weighted by Gasteiger charge is 2.25. The molecule has 7 heteroatoms. The Morgan fingerprint density at radius 3 is 2.71 bits per heavy atom. The van der Waals surface area contributed by atoms with Crippen LogP contribution in [0.5, 0.6) is 5.75 Å². The quantitative estimate of drug-likeness (QED) is 0.336. The second kappa shape index (κ2) is 8.66. The zero-order valence-corrected chi connectivity index (χ0v) is 20.2. The maximum atomic E-state index is 16.2. The number of piperidine rings is 1. The zero-order valence-electron chi connectivity index (χ0n) is 19.4. The van der Waals surface area contributed by atoms with E-state index in [2.05, 4.69) is 21.8 Å². The first-order valence-corrected chi connectivity index (χ1v) is 12.0. The Balaban J connectivity index is 1.82. The average molecular weight is 482 g/mol. The van der Waals surface area contributed by atoms with Crippen LogP contribution in [0.15, 0.2) is 30.3 Å². The summed E-state index contributed by atoms with van der Waals surface area (Å²) in [6.45, 7) is 7.47. The number of anilines is 1. The molecule has 0 amide bonds. The van der Waals surface area contributed by atoms with Crippen molar-refractivity contribution >= 4 is 39.1 Å². The third kappa shape index (κ3) is 3.74. The number of aromatic hydroxyl groups is 1. The van der Waals surface area contributed by atoms with Crippen molar-refractivity contribution in [2.24, 2.45) is 5.92 Å². The van der Waals surface area contributed by atoms with Gasteiger partial charge in [-0.15, -0.1) is 0 Å². The number of phenolic OH excluding ortho intramolecular Hbond substituents is 1. The van der Waals surface area contributed by atoms with Crippen molar-refractivity contribution < 1.29 is 13.9 Å². The van der Waals surface area contributed by atoms with Crippen molar-refractivity contribution in [1.82, 2.24) is 9.97 Å². The van der Waals surface area contributed by atoms with Gasteiger partial charge >= 0.3 is 0 Å². The van der Waals surface area contributed by atoms with Crippen LogP contribution in [0.25, 0.3) is 32.8 Å². The Morgan fingerprint density at radius 1 is 1.18 bits per heavy atom. The molecule has 0 radical (unpaired) electrons. The fourth-order valence-electron chi connectivity index (χ4n) is 5.20. The van der Waals surface area contributed by atoms with Gasteiger partial charge in [-0.3, -0.25) is 0 Å². The molecule has 1 aliphatic rings. The number of nitrogens with zero attached hydrogens (tertiary/aromatic N) is 3. The van der Waals surface area contributed by atoms with Crippen molar-refractivity contribution in [1.29, 1.82) is 0 Å². The summed E-state index contributed by atoms with van der Waals surface area (Å²) in [5.41, 5.74) is 1.07. The molecule has 0 spiro atoms. The van der Waals surface area contributed by atoms with E-state index in [4.69, 9.17) is 11.6 Å². The minimum Gasteiger partial charge on any atom is -0.508 e. The van der Waals surface area contributed by atoms with E-state index in [-0.39, 0.29) is 27.7 Å². The summed E-state index contributed by atoms with van der Waals surface area (Å²) in [6, 6.07) is 7.64. The Bertz CT molecular complexity index is 1440. The lowest BCUT2D eigenvalue weighted by atomic mass is 9.92. The van der Waals surface area contributed by atoms with Crippen molar-refractivity contribution in [3.8, 4) is 16.9 Å². The van der Waals surface area contributed by atoms with Crippen LogP contribution in [0.3, 0.4) is 0 Å². The Morgan fingerprint density at radius 2 is 1.97 bits per heavy atom. The van der Waals surface area contributed by atoms with Crippen LogP contribution in [0.2, 0.25) is 5.02 Å². The van der Waals surface area contributed by atoms with Gasteiger partial charge in [0.2, 0.25) is 0 Å². The highest BCUT2D eigenvalue weighted by atomic mass is 35.5. The van der Waals surface area contributed by atoms with E-state index in [1.165, 1.54) is 12.1 Å². The summed E-state index contributed by atoms with van der Waals surface area (Å²) in [4.78, 5) is 11.3. The van der Waals surface area contributed by atoms with E-state index in [1.54, 1.807) is 25.1 Å². The Hall–Kier alpha value is -2.99. The maximum Gasteiger partial charge on any atom is 0.158 e. The predicted molar refractivity (Wildman–Crippen MR) is 134 cm³/mol. The number of aromatic nitrogens is 2. The first-order valence-electron chi connectivity index (χ1n) is 11.6. The van der Waals surface area contributed by atoms with Gasteiger partial charge in [0.15, 0.2) is 5.82 Å². The zero-order chi connectivity index (χ0) is 24.1.